The molecule has 142 valence electrons. The summed E-state index contributed by atoms with van der Waals surface area (Å²) in [5.74, 6) is -2.29. The van der Waals surface area contributed by atoms with Crippen molar-refractivity contribution in [2.75, 3.05) is 11.6 Å². The number of amides is 1. The van der Waals surface area contributed by atoms with Crippen molar-refractivity contribution in [3.63, 3.8) is 0 Å². The minimum atomic E-state index is -1.24. The van der Waals surface area contributed by atoms with Gasteiger partial charge in [0.1, 0.15) is 5.82 Å². The molecule has 0 aliphatic rings. The first-order chi connectivity index (χ1) is 12.7. The second-order valence-corrected chi connectivity index (χ2v) is 7.07. The Labute approximate surface area is 166 Å². The summed E-state index contributed by atoms with van der Waals surface area (Å²) >= 11 is 4.27. The second-order valence-electron chi connectivity index (χ2n) is 5.30. The van der Waals surface area contributed by atoms with Gasteiger partial charge in [-0.15, -0.1) is 11.8 Å². The van der Waals surface area contributed by atoms with Crippen LogP contribution in [0.3, 0.4) is 0 Å². The normalized spacial score (nSPS) is 11.6. The van der Waals surface area contributed by atoms with Crippen molar-refractivity contribution in [2.24, 2.45) is 0 Å². The number of nitrogens with one attached hydrogen (secondary N) is 1. The molecule has 10 heteroatoms. The van der Waals surface area contributed by atoms with Gasteiger partial charge in [0.05, 0.1) is 21.1 Å². The minimum Gasteiger partial charge on any atom is -0.449 e. The number of benzene rings is 2. The third-order valence-corrected chi connectivity index (χ3v) is 4.73. The Kier molecular flexibility index (Phi) is 6.92. The molecule has 1 atom stereocenters. The highest BCUT2D eigenvalue weighted by atomic mass is 79.9. The fourth-order valence-electron chi connectivity index (χ4n) is 2.07. The highest BCUT2D eigenvalue weighted by Crippen LogP contribution is 2.28. The zero-order valence-corrected chi connectivity index (χ0v) is 16.6. The van der Waals surface area contributed by atoms with Crippen LogP contribution in [-0.2, 0) is 9.53 Å². The SMILES string of the molecule is CSc1ccc(C(=O)OC(C)C(=O)Nc2ccc(Br)cc2F)cc1[N+](=O)[O-]. The van der Waals surface area contributed by atoms with Gasteiger partial charge in [-0.3, -0.25) is 14.9 Å². The molecule has 0 fully saturated rings. The topological polar surface area (TPSA) is 98.5 Å². The van der Waals surface area contributed by atoms with E-state index in [1.807, 2.05) is 0 Å². The van der Waals surface area contributed by atoms with Gasteiger partial charge in [0.25, 0.3) is 11.6 Å². The molecule has 1 amide bonds. The molecule has 27 heavy (non-hydrogen) atoms. The number of esters is 1. The van der Waals surface area contributed by atoms with Crippen LogP contribution in [0.4, 0.5) is 15.8 Å². The fraction of sp³-hybridized carbons (Fsp3) is 0.176. The zero-order valence-electron chi connectivity index (χ0n) is 14.2. The number of nitro groups is 1. The van der Waals surface area contributed by atoms with Crippen molar-refractivity contribution < 1.29 is 23.6 Å². The fourth-order valence-corrected chi connectivity index (χ4v) is 2.95. The molecule has 0 radical (unpaired) electrons. The van der Waals surface area contributed by atoms with E-state index in [0.717, 1.165) is 6.07 Å². The monoisotopic (exact) mass is 456 g/mol. The van der Waals surface area contributed by atoms with Crippen LogP contribution < -0.4 is 5.32 Å². The van der Waals surface area contributed by atoms with Gasteiger partial charge in [-0.2, -0.15) is 0 Å². The minimum absolute atomic E-state index is 0.0611. The maximum Gasteiger partial charge on any atom is 0.339 e. The first-order valence-corrected chi connectivity index (χ1v) is 9.54. The molecule has 2 aromatic carbocycles. The Bertz CT molecular complexity index is 909. The van der Waals surface area contributed by atoms with Gasteiger partial charge >= 0.3 is 5.97 Å². The summed E-state index contributed by atoms with van der Waals surface area (Å²) in [6.07, 6.45) is 0.438. The largest absolute Gasteiger partial charge is 0.449 e. The third-order valence-electron chi connectivity index (χ3n) is 3.45. The molecule has 0 saturated carbocycles. The van der Waals surface area contributed by atoms with Crippen LogP contribution >= 0.6 is 27.7 Å². The van der Waals surface area contributed by atoms with Gasteiger partial charge in [0.15, 0.2) is 6.10 Å². The third kappa shape index (κ3) is 5.27. The Hall–Kier alpha value is -2.46. The van der Waals surface area contributed by atoms with Crippen LogP contribution in [0.5, 0.6) is 0 Å². The molecule has 0 saturated heterocycles. The molecule has 0 heterocycles. The molecule has 0 aromatic heterocycles. The van der Waals surface area contributed by atoms with Gasteiger partial charge < -0.3 is 10.1 Å². The summed E-state index contributed by atoms with van der Waals surface area (Å²) < 4.78 is 19.3. The number of hydrogen-bond donors (Lipinski definition) is 1. The Morgan fingerprint density at radius 1 is 1.30 bits per heavy atom. The standard InChI is InChI=1S/C17H14BrFN2O5S/c1-9(16(22)20-13-5-4-11(18)8-12(13)19)26-17(23)10-3-6-15(27-2)14(7-10)21(24)25/h3-9H,1-2H3,(H,20,22). The van der Waals surface area contributed by atoms with Crippen molar-refractivity contribution >= 4 is 50.9 Å². The van der Waals surface area contributed by atoms with Crippen LogP contribution in [0.15, 0.2) is 45.8 Å². The summed E-state index contributed by atoms with van der Waals surface area (Å²) in [6.45, 7) is 1.31. The van der Waals surface area contributed by atoms with E-state index in [1.165, 1.54) is 43.0 Å². The maximum atomic E-state index is 13.8. The molecule has 1 N–H and O–H groups in total. The Morgan fingerprint density at radius 2 is 2.00 bits per heavy atom. The Morgan fingerprint density at radius 3 is 2.59 bits per heavy atom. The van der Waals surface area contributed by atoms with Crippen LogP contribution in [0.1, 0.15) is 17.3 Å². The van der Waals surface area contributed by atoms with Crippen LogP contribution in [-0.4, -0.2) is 29.2 Å². The predicted molar refractivity (Wildman–Crippen MR) is 102 cm³/mol. The summed E-state index contributed by atoms with van der Waals surface area (Å²) in [5.41, 5.74) is -0.356. The first kappa shape index (κ1) is 20.8. The highest BCUT2D eigenvalue weighted by Gasteiger charge is 2.23. The van der Waals surface area contributed by atoms with Crippen LogP contribution in [0, 0.1) is 15.9 Å². The van der Waals surface area contributed by atoms with E-state index in [2.05, 4.69) is 21.2 Å². The molecule has 2 aromatic rings. The number of ether oxygens (including phenoxy) is 1. The maximum absolute atomic E-state index is 13.8. The molecule has 1 unspecified atom stereocenters. The van der Waals surface area contributed by atoms with Crippen molar-refractivity contribution in [2.45, 2.75) is 17.9 Å². The molecular formula is C17H14BrFN2O5S. The lowest BCUT2D eigenvalue weighted by molar-refractivity contribution is -0.387. The Balaban J connectivity index is 2.09. The quantitative estimate of drug-likeness (QED) is 0.299. The van der Waals surface area contributed by atoms with E-state index in [1.54, 1.807) is 12.3 Å². The van der Waals surface area contributed by atoms with Gasteiger partial charge in [-0.25, -0.2) is 9.18 Å². The highest BCUT2D eigenvalue weighted by molar-refractivity contribution is 9.10. The molecule has 2 rings (SSSR count). The average Bonchev–Trinajstić information content (AvgIpc) is 2.63. The lowest BCUT2D eigenvalue weighted by Crippen LogP contribution is -2.30. The molecule has 0 aliphatic carbocycles. The van der Waals surface area contributed by atoms with Gasteiger partial charge in [0.2, 0.25) is 0 Å². The van der Waals surface area contributed by atoms with E-state index in [4.69, 9.17) is 4.74 Å². The first-order valence-electron chi connectivity index (χ1n) is 7.52. The summed E-state index contributed by atoms with van der Waals surface area (Å²) in [5, 5.41) is 13.4. The van der Waals surface area contributed by atoms with Gasteiger partial charge in [0, 0.05) is 10.5 Å². The lowest BCUT2D eigenvalue weighted by Gasteiger charge is -2.14. The second kappa shape index (κ2) is 8.96. The van der Waals surface area contributed by atoms with Gasteiger partial charge in [-0.05, 0) is 43.5 Å². The number of anilines is 1. The number of halogens is 2. The summed E-state index contributed by atoms with van der Waals surface area (Å²) in [4.78, 5) is 35.2. The van der Waals surface area contributed by atoms with E-state index in [0.29, 0.717) is 9.37 Å². The van der Waals surface area contributed by atoms with Crippen molar-refractivity contribution in [1.82, 2.24) is 0 Å². The number of rotatable bonds is 6. The number of nitrogens with zero attached hydrogens (tertiary/aromatic N) is 1. The molecule has 0 aliphatic heterocycles. The number of hydrogen-bond acceptors (Lipinski definition) is 6. The molecular weight excluding hydrogens is 443 g/mol. The van der Waals surface area contributed by atoms with Crippen molar-refractivity contribution in [3.05, 3.63) is 62.4 Å². The van der Waals surface area contributed by atoms with Crippen molar-refractivity contribution in [3.8, 4) is 0 Å². The molecule has 0 spiro atoms. The lowest BCUT2D eigenvalue weighted by atomic mass is 10.2. The number of carbonyl (C=O) groups excluding carboxylic acids is 2. The number of carbonyl (C=O) groups is 2. The van der Waals surface area contributed by atoms with E-state index < -0.39 is 28.7 Å². The number of nitro benzene ring substituents is 1. The number of thioether (sulfide) groups is 1. The predicted octanol–water partition coefficient (Wildman–Crippen LogP) is 4.40. The van der Waals surface area contributed by atoms with Gasteiger partial charge in [-0.1, -0.05) is 15.9 Å². The van der Waals surface area contributed by atoms with E-state index in [-0.39, 0.29) is 16.9 Å². The molecule has 7 nitrogen and oxygen atoms in total. The van der Waals surface area contributed by atoms with Crippen LogP contribution in [0.25, 0.3) is 0 Å². The van der Waals surface area contributed by atoms with Crippen molar-refractivity contribution in [1.29, 1.82) is 0 Å². The molecule has 0 bridgehead atoms. The van der Waals surface area contributed by atoms with E-state index >= 15 is 0 Å². The smallest absolute Gasteiger partial charge is 0.339 e. The average molecular weight is 457 g/mol. The van der Waals surface area contributed by atoms with Crippen LogP contribution in [0.2, 0.25) is 0 Å². The van der Waals surface area contributed by atoms with E-state index in [9.17, 15) is 24.1 Å². The zero-order chi connectivity index (χ0) is 20.1. The summed E-state index contributed by atoms with van der Waals surface area (Å²) in [6, 6.07) is 7.98. The summed E-state index contributed by atoms with van der Waals surface area (Å²) in [7, 11) is 0.